The number of aromatic nitrogens is 1. The molecular weight excluding hydrogens is 338 g/mol. The summed E-state index contributed by atoms with van der Waals surface area (Å²) in [5, 5.41) is 3.79. The van der Waals surface area contributed by atoms with Crippen LogP contribution in [0, 0.1) is 5.92 Å². The molecule has 0 aliphatic heterocycles. The summed E-state index contributed by atoms with van der Waals surface area (Å²) in [7, 11) is 0. The highest BCUT2D eigenvalue weighted by Gasteiger charge is 2.17. The van der Waals surface area contributed by atoms with Crippen molar-refractivity contribution in [3.63, 3.8) is 0 Å². The number of benzene rings is 1. The van der Waals surface area contributed by atoms with Crippen LogP contribution in [0.15, 0.2) is 28.7 Å². The van der Waals surface area contributed by atoms with E-state index in [4.69, 9.17) is 5.73 Å². The molecule has 0 aliphatic rings. The van der Waals surface area contributed by atoms with Gasteiger partial charge in [0, 0.05) is 16.6 Å². The third-order valence-corrected chi connectivity index (χ3v) is 4.15. The molecule has 1 heterocycles. The van der Waals surface area contributed by atoms with E-state index in [0.29, 0.717) is 28.2 Å². The van der Waals surface area contributed by atoms with Gasteiger partial charge in [0.15, 0.2) is 10.9 Å². The first-order chi connectivity index (χ1) is 9.45. The van der Waals surface area contributed by atoms with E-state index in [9.17, 15) is 4.79 Å². The first kappa shape index (κ1) is 15.0. The molecule has 0 atom stereocenters. The molecule has 0 amide bonds. The largest absolute Gasteiger partial charge is 0.382 e. The van der Waals surface area contributed by atoms with Gasteiger partial charge < -0.3 is 11.1 Å². The topological polar surface area (TPSA) is 68.0 Å². The Hall–Kier alpha value is -1.40. The normalized spacial score (nSPS) is 10.8. The van der Waals surface area contributed by atoms with Gasteiger partial charge in [-0.3, -0.25) is 4.79 Å². The van der Waals surface area contributed by atoms with E-state index in [1.807, 2.05) is 38.1 Å². The molecule has 0 aliphatic carbocycles. The smallest absolute Gasteiger partial charge is 0.189 e. The van der Waals surface area contributed by atoms with Crippen LogP contribution in [0.1, 0.15) is 29.9 Å². The molecule has 0 spiro atoms. The third-order valence-electron chi connectivity index (χ3n) is 2.60. The second-order valence-corrected chi connectivity index (χ2v) is 6.80. The van der Waals surface area contributed by atoms with Crippen molar-refractivity contribution in [1.82, 2.24) is 4.98 Å². The minimum atomic E-state index is 0.0545. The number of ketones is 1. The predicted octanol–water partition coefficient (Wildman–Crippen LogP) is 4.46. The number of anilines is 3. The van der Waals surface area contributed by atoms with Gasteiger partial charge in [0.25, 0.3) is 0 Å². The van der Waals surface area contributed by atoms with Gasteiger partial charge in [0.1, 0.15) is 10.7 Å². The van der Waals surface area contributed by atoms with Gasteiger partial charge in [-0.25, -0.2) is 4.98 Å². The molecule has 0 unspecified atom stereocenters. The van der Waals surface area contributed by atoms with Crippen molar-refractivity contribution >= 4 is 49.7 Å². The van der Waals surface area contributed by atoms with E-state index >= 15 is 0 Å². The van der Waals surface area contributed by atoms with Crippen LogP contribution in [-0.2, 0) is 0 Å². The van der Waals surface area contributed by atoms with E-state index in [1.165, 1.54) is 11.3 Å². The monoisotopic (exact) mass is 353 g/mol. The molecule has 2 rings (SSSR count). The fraction of sp³-hybridized carbons (Fsp3) is 0.286. The highest BCUT2D eigenvalue weighted by atomic mass is 79.9. The highest BCUT2D eigenvalue weighted by molar-refractivity contribution is 9.10. The van der Waals surface area contributed by atoms with Gasteiger partial charge in [0.2, 0.25) is 0 Å². The van der Waals surface area contributed by atoms with Crippen LogP contribution < -0.4 is 11.1 Å². The van der Waals surface area contributed by atoms with E-state index in [1.54, 1.807) is 0 Å². The Morgan fingerprint density at radius 3 is 2.65 bits per heavy atom. The molecule has 106 valence electrons. The zero-order valence-electron chi connectivity index (χ0n) is 11.3. The van der Waals surface area contributed by atoms with Crippen molar-refractivity contribution in [2.24, 2.45) is 5.92 Å². The summed E-state index contributed by atoms with van der Waals surface area (Å²) in [6.45, 7) is 4.02. The Kier molecular flexibility index (Phi) is 4.77. The van der Waals surface area contributed by atoms with Crippen LogP contribution in [0.5, 0.6) is 0 Å². The Morgan fingerprint density at radius 1 is 1.40 bits per heavy atom. The van der Waals surface area contributed by atoms with Crippen LogP contribution in [0.2, 0.25) is 0 Å². The molecule has 1 aromatic carbocycles. The van der Waals surface area contributed by atoms with Gasteiger partial charge >= 0.3 is 0 Å². The Balaban J connectivity index is 2.14. The average Bonchev–Trinajstić information content (AvgIpc) is 2.72. The minimum absolute atomic E-state index is 0.0545. The van der Waals surface area contributed by atoms with E-state index in [0.717, 1.165) is 10.2 Å². The average molecular weight is 354 g/mol. The maximum absolute atomic E-state index is 12.0. The maximum Gasteiger partial charge on any atom is 0.189 e. The minimum Gasteiger partial charge on any atom is -0.382 e. The van der Waals surface area contributed by atoms with Crippen molar-refractivity contribution < 1.29 is 4.79 Å². The van der Waals surface area contributed by atoms with Gasteiger partial charge in [-0.05, 0) is 30.2 Å². The van der Waals surface area contributed by atoms with Crippen molar-refractivity contribution in [2.75, 3.05) is 11.1 Å². The highest BCUT2D eigenvalue weighted by Crippen LogP contribution is 2.29. The number of thiazole rings is 1. The molecule has 1 aromatic heterocycles. The Labute approximate surface area is 130 Å². The summed E-state index contributed by atoms with van der Waals surface area (Å²) < 4.78 is 1.01. The first-order valence-electron chi connectivity index (χ1n) is 6.28. The first-order valence-corrected chi connectivity index (χ1v) is 7.88. The maximum atomic E-state index is 12.0. The predicted molar refractivity (Wildman–Crippen MR) is 87.7 cm³/mol. The van der Waals surface area contributed by atoms with Gasteiger partial charge in [-0.1, -0.05) is 41.1 Å². The lowest BCUT2D eigenvalue weighted by molar-refractivity contribution is 0.0972. The summed E-state index contributed by atoms with van der Waals surface area (Å²) >= 11 is 4.68. The van der Waals surface area contributed by atoms with Crippen LogP contribution in [0.25, 0.3) is 0 Å². The van der Waals surface area contributed by atoms with Crippen LogP contribution in [0.4, 0.5) is 16.6 Å². The van der Waals surface area contributed by atoms with E-state index in [-0.39, 0.29) is 5.78 Å². The number of hydrogen-bond donors (Lipinski definition) is 2. The van der Waals surface area contributed by atoms with Crippen molar-refractivity contribution in [2.45, 2.75) is 20.3 Å². The molecule has 0 radical (unpaired) electrons. The number of nitrogens with two attached hydrogens (primary N) is 1. The van der Waals surface area contributed by atoms with Crippen molar-refractivity contribution in [3.8, 4) is 0 Å². The summed E-state index contributed by atoms with van der Waals surface area (Å²) in [6.07, 6.45) is 0.490. The zero-order chi connectivity index (χ0) is 14.7. The number of rotatable bonds is 5. The lowest BCUT2D eigenvalue weighted by atomic mass is 10.1. The Morgan fingerprint density at radius 2 is 2.05 bits per heavy atom. The summed E-state index contributed by atoms with van der Waals surface area (Å²) in [5.74, 6) is 0.672. The number of nitrogen functional groups attached to an aromatic ring is 1. The number of hydrogen-bond acceptors (Lipinski definition) is 5. The van der Waals surface area contributed by atoms with Crippen molar-refractivity contribution in [1.29, 1.82) is 0 Å². The van der Waals surface area contributed by atoms with Crippen LogP contribution in [0.3, 0.4) is 0 Å². The summed E-state index contributed by atoms with van der Waals surface area (Å²) in [4.78, 5) is 16.8. The molecule has 3 N–H and O–H groups in total. The second-order valence-electron chi connectivity index (χ2n) is 4.89. The molecule has 2 aromatic rings. The number of nitrogens with one attached hydrogen (secondary N) is 1. The number of nitrogens with zero attached hydrogens (tertiary/aromatic N) is 1. The third kappa shape index (κ3) is 3.80. The molecular formula is C14H16BrN3OS. The second kappa shape index (κ2) is 6.37. The molecule has 0 bridgehead atoms. The SMILES string of the molecule is CC(C)CC(=O)c1sc(Nc2ccc(Br)cc2)nc1N. The lowest BCUT2D eigenvalue weighted by Gasteiger charge is -2.02. The van der Waals surface area contributed by atoms with Gasteiger partial charge in [-0.2, -0.15) is 0 Å². The van der Waals surface area contributed by atoms with Crippen molar-refractivity contribution in [3.05, 3.63) is 33.6 Å². The Bertz CT molecular complexity index is 607. The van der Waals surface area contributed by atoms with Gasteiger partial charge in [0.05, 0.1) is 0 Å². The number of Topliss-reactive ketones (excluding diaryl/α,β-unsaturated/α-hetero) is 1. The fourth-order valence-electron chi connectivity index (χ4n) is 1.71. The fourth-order valence-corrected chi connectivity index (χ4v) is 2.82. The molecule has 0 saturated carbocycles. The molecule has 4 nitrogen and oxygen atoms in total. The molecule has 0 fully saturated rings. The molecule has 0 saturated heterocycles. The van der Waals surface area contributed by atoms with Crippen LogP contribution >= 0.6 is 27.3 Å². The molecule has 20 heavy (non-hydrogen) atoms. The van der Waals surface area contributed by atoms with E-state index in [2.05, 4.69) is 26.2 Å². The van der Waals surface area contributed by atoms with Gasteiger partial charge in [-0.15, -0.1) is 0 Å². The standard InChI is InChI=1S/C14H16BrN3OS/c1-8(2)7-11(19)12-13(16)18-14(20-12)17-10-5-3-9(15)4-6-10/h3-6,8H,7,16H2,1-2H3,(H,17,18). The summed E-state index contributed by atoms with van der Waals surface area (Å²) in [6, 6.07) is 7.73. The number of carbonyl (C=O) groups is 1. The lowest BCUT2D eigenvalue weighted by Crippen LogP contribution is -2.04. The number of carbonyl (C=O) groups excluding carboxylic acids is 1. The molecule has 6 heteroatoms. The quantitative estimate of drug-likeness (QED) is 0.778. The zero-order valence-corrected chi connectivity index (χ0v) is 13.7. The van der Waals surface area contributed by atoms with E-state index < -0.39 is 0 Å². The summed E-state index contributed by atoms with van der Waals surface area (Å²) in [5.41, 5.74) is 6.73. The van der Waals surface area contributed by atoms with Crippen LogP contribution in [-0.4, -0.2) is 10.8 Å². The number of halogens is 1.